The molecule has 0 aromatic carbocycles. The summed E-state index contributed by atoms with van der Waals surface area (Å²) in [5.74, 6) is 0.754. The molecule has 0 aliphatic carbocycles. The molecule has 1 atom stereocenters. The van der Waals surface area contributed by atoms with Crippen molar-refractivity contribution in [3.8, 4) is 0 Å². The molecule has 2 saturated heterocycles. The zero-order valence-electron chi connectivity index (χ0n) is 18.1. The normalized spacial score (nSPS) is 19.4. The molecule has 32 heavy (non-hydrogen) atoms. The third-order valence-electron chi connectivity index (χ3n) is 6.32. The van der Waals surface area contributed by atoms with E-state index >= 15 is 0 Å². The van der Waals surface area contributed by atoms with Crippen molar-refractivity contribution in [3.63, 3.8) is 0 Å². The van der Waals surface area contributed by atoms with Gasteiger partial charge in [0.15, 0.2) is 5.65 Å². The van der Waals surface area contributed by atoms with E-state index in [2.05, 4.69) is 10.00 Å². The Balaban J connectivity index is 1.42. The number of nitrogens with zero attached hydrogens (tertiary/aromatic N) is 7. The van der Waals surface area contributed by atoms with Crippen LogP contribution in [0.4, 0.5) is 14.6 Å². The minimum Gasteiger partial charge on any atom is -0.356 e. The Bertz CT molecular complexity index is 1120. The van der Waals surface area contributed by atoms with E-state index in [4.69, 9.17) is 10.1 Å². The number of carbonyl (C=O) groups excluding carboxylic acids is 1. The maximum Gasteiger partial charge on any atom is 0.274 e. The lowest BCUT2D eigenvalue weighted by molar-refractivity contribution is 0.0596. The van der Waals surface area contributed by atoms with Crippen LogP contribution in [0, 0.1) is 6.92 Å². The zero-order chi connectivity index (χ0) is 22.2. The minimum atomic E-state index is -2.51. The second kappa shape index (κ2) is 8.48. The van der Waals surface area contributed by atoms with Crippen molar-refractivity contribution in [3.05, 3.63) is 41.5 Å². The number of piperidine rings is 1. The van der Waals surface area contributed by atoms with Crippen LogP contribution in [0.15, 0.2) is 24.5 Å². The van der Waals surface area contributed by atoms with E-state index in [1.807, 2.05) is 19.2 Å². The second-order valence-electron chi connectivity index (χ2n) is 8.64. The Labute approximate surface area is 184 Å². The van der Waals surface area contributed by atoms with E-state index in [0.29, 0.717) is 6.54 Å². The first kappa shape index (κ1) is 20.8. The third kappa shape index (κ3) is 3.93. The number of hydrogen-bond donors (Lipinski definition) is 0. The highest BCUT2D eigenvalue weighted by Crippen LogP contribution is 2.32. The first-order valence-electron chi connectivity index (χ1n) is 11.2. The fourth-order valence-electron chi connectivity index (χ4n) is 4.78. The maximum atomic E-state index is 13.2. The quantitative estimate of drug-likeness (QED) is 0.604. The summed E-state index contributed by atoms with van der Waals surface area (Å²) in [5, 5.41) is 8.82. The molecule has 8 nitrogen and oxygen atoms in total. The Kier molecular flexibility index (Phi) is 5.52. The van der Waals surface area contributed by atoms with Crippen molar-refractivity contribution in [1.29, 1.82) is 0 Å². The van der Waals surface area contributed by atoms with E-state index in [0.717, 1.165) is 59.8 Å². The Morgan fingerprint density at radius 3 is 2.72 bits per heavy atom. The first-order chi connectivity index (χ1) is 15.5. The van der Waals surface area contributed by atoms with Crippen molar-refractivity contribution >= 4 is 17.4 Å². The van der Waals surface area contributed by atoms with Crippen LogP contribution in [0.1, 0.15) is 59.9 Å². The van der Waals surface area contributed by atoms with Crippen LogP contribution in [-0.2, 0) is 6.54 Å². The number of halogens is 2. The number of hydrogen-bond acceptors (Lipinski definition) is 5. The van der Waals surface area contributed by atoms with Gasteiger partial charge in [-0.2, -0.15) is 10.2 Å². The Morgan fingerprint density at radius 1 is 1.16 bits per heavy atom. The SMILES string of the molecule is Cc1cn2nc([C@@H]3CCCCN3C(=O)c3ccn(CC(F)F)n3)cc2nc1N1CCCC1. The molecule has 3 aromatic rings. The fraction of sp³-hybridized carbons (Fsp3) is 0.545. The monoisotopic (exact) mass is 443 g/mol. The Hall–Kier alpha value is -3.04. The van der Waals surface area contributed by atoms with Gasteiger partial charge >= 0.3 is 0 Å². The summed E-state index contributed by atoms with van der Waals surface area (Å²) >= 11 is 0. The van der Waals surface area contributed by atoms with Gasteiger partial charge in [-0.05, 0) is 45.1 Å². The third-order valence-corrected chi connectivity index (χ3v) is 6.32. The van der Waals surface area contributed by atoms with Crippen molar-refractivity contribution in [2.75, 3.05) is 24.5 Å². The van der Waals surface area contributed by atoms with Gasteiger partial charge in [-0.15, -0.1) is 0 Å². The smallest absolute Gasteiger partial charge is 0.274 e. The predicted molar refractivity (Wildman–Crippen MR) is 115 cm³/mol. The van der Waals surface area contributed by atoms with Crippen molar-refractivity contribution in [1.82, 2.24) is 29.3 Å². The number of carbonyl (C=O) groups is 1. The predicted octanol–water partition coefficient (Wildman–Crippen LogP) is 3.47. The number of anilines is 1. The molecule has 0 radical (unpaired) electrons. The van der Waals surface area contributed by atoms with Gasteiger partial charge in [0.1, 0.15) is 18.1 Å². The van der Waals surface area contributed by atoms with Gasteiger partial charge in [0.05, 0.1) is 11.7 Å². The van der Waals surface area contributed by atoms with E-state index in [1.165, 1.54) is 25.1 Å². The van der Waals surface area contributed by atoms with Crippen molar-refractivity contribution in [2.24, 2.45) is 0 Å². The molecule has 1 amide bonds. The van der Waals surface area contributed by atoms with E-state index in [9.17, 15) is 13.6 Å². The van der Waals surface area contributed by atoms with E-state index in [1.54, 1.807) is 9.42 Å². The van der Waals surface area contributed by atoms with E-state index < -0.39 is 13.0 Å². The van der Waals surface area contributed by atoms with Gasteiger partial charge in [0, 0.05) is 43.7 Å². The molecular formula is C22H27F2N7O. The molecule has 0 unspecified atom stereocenters. The minimum absolute atomic E-state index is 0.186. The first-order valence-corrected chi connectivity index (χ1v) is 11.2. The standard InChI is InChI=1S/C22H27F2N7O/c1-15-13-31-20(25-21(15)28-8-4-5-9-28)12-17(27-31)18-6-2-3-10-30(18)22(32)16-7-11-29(26-16)14-19(23)24/h7,11-13,18-19H,2-6,8-10,14H2,1H3/t18-/m0/s1. The lowest BCUT2D eigenvalue weighted by Crippen LogP contribution is -2.39. The summed E-state index contributed by atoms with van der Waals surface area (Å²) in [4.78, 5) is 22.1. The molecule has 170 valence electrons. The molecule has 2 fully saturated rings. The molecule has 0 saturated carbocycles. The van der Waals surface area contributed by atoms with E-state index in [-0.39, 0.29) is 17.6 Å². The molecule has 10 heteroatoms. The summed E-state index contributed by atoms with van der Waals surface area (Å²) in [5.41, 5.74) is 2.84. The largest absolute Gasteiger partial charge is 0.356 e. The summed E-state index contributed by atoms with van der Waals surface area (Å²) < 4.78 is 28.2. The molecule has 3 aromatic heterocycles. The fourth-order valence-corrected chi connectivity index (χ4v) is 4.78. The van der Waals surface area contributed by atoms with Gasteiger partial charge in [0.2, 0.25) is 0 Å². The molecule has 5 rings (SSSR count). The highest BCUT2D eigenvalue weighted by Gasteiger charge is 2.32. The van der Waals surface area contributed by atoms with Crippen LogP contribution >= 0.6 is 0 Å². The van der Waals surface area contributed by atoms with Gasteiger partial charge in [-0.1, -0.05) is 0 Å². The number of likely N-dealkylation sites (tertiary alicyclic amines) is 1. The van der Waals surface area contributed by atoms with Gasteiger partial charge in [0.25, 0.3) is 12.3 Å². The van der Waals surface area contributed by atoms with Gasteiger partial charge in [-0.25, -0.2) is 18.3 Å². The molecule has 5 heterocycles. The summed E-state index contributed by atoms with van der Waals surface area (Å²) in [6, 6.07) is 3.28. The topological polar surface area (TPSA) is 71.6 Å². The molecule has 0 spiro atoms. The molecule has 0 bridgehead atoms. The average Bonchev–Trinajstić information content (AvgIpc) is 3.53. The van der Waals surface area contributed by atoms with Crippen LogP contribution in [0.25, 0.3) is 5.65 Å². The molecule has 2 aliphatic heterocycles. The highest BCUT2D eigenvalue weighted by atomic mass is 19.3. The summed E-state index contributed by atoms with van der Waals surface area (Å²) in [6.45, 7) is 4.16. The van der Waals surface area contributed by atoms with Crippen LogP contribution in [0.2, 0.25) is 0 Å². The zero-order valence-corrected chi connectivity index (χ0v) is 18.1. The van der Waals surface area contributed by atoms with Crippen LogP contribution < -0.4 is 4.90 Å². The number of alkyl halides is 2. The van der Waals surface area contributed by atoms with Crippen molar-refractivity contribution < 1.29 is 13.6 Å². The lowest BCUT2D eigenvalue weighted by Gasteiger charge is -2.34. The summed E-state index contributed by atoms with van der Waals surface area (Å²) in [7, 11) is 0. The number of fused-ring (bicyclic) bond motifs is 1. The second-order valence-corrected chi connectivity index (χ2v) is 8.64. The maximum absolute atomic E-state index is 13.2. The van der Waals surface area contributed by atoms with Crippen molar-refractivity contribution in [2.45, 2.75) is 58.0 Å². The lowest BCUT2D eigenvalue weighted by atomic mass is 9.99. The summed E-state index contributed by atoms with van der Waals surface area (Å²) in [6.07, 6.45) is 5.96. The number of amides is 1. The number of rotatable bonds is 5. The Morgan fingerprint density at radius 2 is 1.94 bits per heavy atom. The van der Waals surface area contributed by atoms with Crippen LogP contribution in [0.5, 0.6) is 0 Å². The van der Waals surface area contributed by atoms with Crippen LogP contribution in [-0.4, -0.2) is 61.2 Å². The molecule has 2 aliphatic rings. The molecular weight excluding hydrogens is 416 g/mol. The van der Waals surface area contributed by atoms with Crippen LogP contribution in [0.3, 0.4) is 0 Å². The number of aryl methyl sites for hydroxylation is 1. The van der Waals surface area contributed by atoms with Gasteiger partial charge in [-0.3, -0.25) is 9.48 Å². The number of aromatic nitrogens is 5. The average molecular weight is 444 g/mol. The highest BCUT2D eigenvalue weighted by molar-refractivity contribution is 5.92. The van der Waals surface area contributed by atoms with Gasteiger partial charge < -0.3 is 9.80 Å². The molecule has 0 N–H and O–H groups in total.